The fraction of sp³-hybridized carbons (Fsp3) is 0.0476. The van der Waals surface area contributed by atoms with Crippen molar-refractivity contribution in [3.8, 4) is 5.75 Å². The lowest BCUT2D eigenvalue weighted by Crippen LogP contribution is -2.03. The molecular weight excluding hydrogens is 316 g/mol. The molecule has 1 aliphatic carbocycles. The summed E-state index contributed by atoms with van der Waals surface area (Å²) in [6.45, 7) is 10.7. The molecular formula is C21H18O4. The van der Waals surface area contributed by atoms with Crippen LogP contribution in [-0.2, 0) is 20.7 Å². The molecule has 0 aromatic heterocycles. The number of ether oxygens (including phenoxy) is 2. The average molecular weight is 334 g/mol. The first kappa shape index (κ1) is 17.9. The summed E-state index contributed by atoms with van der Waals surface area (Å²) in [5.74, 6) is -0.209. The van der Waals surface area contributed by atoms with E-state index < -0.39 is 11.9 Å². The quantitative estimate of drug-likeness (QED) is 0.473. The maximum atomic E-state index is 11.4. The van der Waals surface area contributed by atoms with E-state index >= 15 is 0 Å². The molecule has 1 aromatic carbocycles. The van der Waals surface area contributed by atoms with Crippen LogP contribution in [0, 0.1) is 0 Å². The summed E-state index contributed by atoms with van der Waals surface area (Å²) in [6, 6.07) is 5.37. The molecule has 0 unspecified atom stereocenters. The molecule has 0 radical (unpaired) electrons. The minimum absolute atomic E-state index is 0.388. The Labute approximate surface area is 146 Å². The Bertz CT molecular complexity index is 822. The number of carbonyl (C=O) groups excluding carboxylic acids is 2. The lowest BCUT2D eigenvalue weighted by Gasteiger charge is -2.09. The number of carbonyl (C=O) groups is 2. The highest BCUT2D eigenvalue weighted by molar-refractivity contribution is 5.83. The van der Waals surface area contributed by atoms with Crippen molar-refractivity contribution in [1.82, 2.24) is 0 Å². The van der Waals surface area contributed by atoms with E-state index in [1.165, 1.54) is 0 Å². The molecule has 0 amide bonds. The summed E-state index contributed by atoms with van der Waals surface area (Å²) in [5, 5.41) is 0. The van der Waals surface area contributed by atoms with Crippen LogP contribution in [0.15, 0.2) is 85.7 Å². The third-order valence-electron chi connectivity index (χ3n) is 3.31. The first-order valence-corrected chi connectivity index (χ1v) is 7.58. The van der Waals surface area contributed by atoms with Crippen molar-refractivity contribution in [3.05, 3.63) is 96.9 Å². The summed E-state index contributed by atoms with van der Waals surface area (Å²) in [5.41, 5.74) is 2.58. The zero-order valence-corrected chi connectivity index (χ0v) is 13.7. The first-order chi connectivity index (χ1) is 12.0. The van der Waals surface area contributed by atoms with E-state index in [0.717, 1.165) is 23.3 Å². The zero-order chi connectivity index (χ0) is 18.2. The first-order valence-electron chi connectivity index (χ1n) is 7.58. The van der Waals surface area contributed by atoms with Gasteiger partial charge in [0.1, 0.15) is 11.5 Å². The summed E-state index contributed by atoms with van der Waals surface area (Å²) >= 11 is 0. The molecule has 2 rings (SSSR count). The minimum Gasteiger partial charge on any atom is -0.423 e. The van der Waals surface area contributed by atoms with E-state index in [1.807, 2.05) is 18.2 Å². The lowest BCUT2D eigenvalue weighted by molar-refractivity contribution is -0.133. The number of rotatable bonds is 4. The van der Waals surface area contributed by atoms with Crippen molar-refractivity contribution in [1.29, 1.82) is 0 Å². The van der Waals surface area contributed by atoms with Gasteiger partial charge in [-0.25, -0.2) is 9.59 Å². The van der Waals surface area contributed by atoms with Gasteiger partial charge >= 0.3 is 11.9 Å². The van der Waals surface area contributed by atoms with Crippen LogP contribution in [0.4, 0.5) is 0 Å². The van der Waals surface area contributed by atoms with E-state index in [9.17, 15) is 9.59 Å². The van der Waals surface area contributed by atoms with Gasteiger partial charge in [-0.2, -0.15) is 0 Å². The summed E-state index contributed by atoms with van der Waals surface area (Å²) in [7, 11) is 0. The van der Waals surface area contributed by atoms with Gasteiger partial charge in [0.2, 0.25) is 0 Å². The second kappa shape index (κ2) is 8.45. The SMILES string of the molecule is C=CC(=O)OC1=C/C(=C)/C=C\c2cc(OC(=O)C=C)ccc2C/C=C\1. The number of fused-ring (bicyclic) bond motifs is 1. The molecule has 0 N–H and O–H groups in total. The van der Waals surface area contributed by atoms with Crippen LogP contribution in [0.25, 0.3) is 6.08 Å². The predicted molar refractivity (Wildman–Crippen MR) is 97.7 cm³/mol. The summed E-state index contributed by atoms with van der Waals surface area (Å²) in [4.78, 5) is 22.7. The topological polar surface area (TPSA) is 52.6 Å². The minimum atomic E-state index is -0.529. The van der Waals surface area contributed by atoms with E-state index in [2.05, 4.69) is 19.7 Å². The van der Waals surface area contributed by atoms with Crippen molar-refractivity contribution >= 4 is 18.0 Å². The van der Waals surface area contributed by atoms with Crippen LogP contribution in [0.1, 0.15) is 11.1 Å². The fourth-order valence-corrected chi connectivity index (χ4v) is 2.13. The molecule has 0 bridgehead atoms. The highest BCUT2D eigenvalue weighted by atomic mass is 16.5. The molecule has 1 aromatic rings. The third-order valence-corrected chi connectivity index (χ3v) is 3.31. The largest absolute Gasteiger partial charge is 0.423 e. The van der Waals surface area contributed by atoms with Gasteiger partial charge in [0, 0.05) is 12.2 Å². The standard InChI is InChI=1S/C21H18O4/c1-4-20(22)24-18-8-6-7-16-11-12-19(25-21(23)5-2)14-17(16)10-9-15(3)13-18/h4-6,8-14H,1-3,7H2/b8-6-,10-9-,18-13+. The van der Waals surface area contributed by atoms with Gasteiger partial charge in [-0.1, -0.05) is 44.0 Å². The highest BCUT2D eigenvalue weighted by Crippen LogP contribution is 2.22. The van der Waals surface area contributed by atoms with Gasteiger partial charge in [0.05, 0.1) is 0 Å². The fourth-order valence-electron chi connectivity index (χ4n) is 2.13. The van der Waals surface area contributed by atoms with Crippen LogP contribution in [-0.4, -0.2) is 11.9 Å². The third kappa shape index (κ3) is 5.32. The van der Waals surface area contributed by atoms with Crippen molar-refractivity contribution in [2.45, 2.75) is 6.42 Å². The smallest absolute Gasteiger partial charge is 0.335 e. The summed E-state index contributed by atoms with van der Waals surface area (Å²) in [6.07, 6.45) is 11.7. The van der Waals surface area contributed by atoms with E-state index in [1.54, 1.807) is 30.4 Å². The molecule has 126 valence electrons. The van der Waals surface area contributed by atoms with E-state index in [0.29, 0.717) is 23.5 Å². The summed E-state index contributed by atoms with van der Waals surface area (Å²) < 4.78 is 10.3. The number of allylic oxidation sites excluding steroid dienone is 5. The Hall–Kier alpha value is -3.40. The Balaban J connectivity index is 2.30. The molecule has 1 aliphatic rings. The Morgan fingerprint density at radius 1 is 1.00 bits per heavy atom. The molecule has 4 heteroatoms. The van der Waals surface area contributed by atoms with Gasteiger partial charge in [0.15, 0.2) is 0 Å². The van der Waals surface area contributed by atoms with E-state index in [4.69, 9.17) is 9.47 Å². The zero-order valence-electron chi connectivity index (χ0n) is 13.7. The Morgan fingerprint density at radius 3 is 2.44 bits per heavy atom. The van der Waals surface area contributed by atoms with Gasteiger partial charge in [-0.05, 0) is 47.4 Å². The number of benzene rings is 1. The monoisotopic (exact) mass is 334 g/mol. The van der Waals surface area contributed by atoms with Crippen molar-refractivity contribution in [3.63, 3.8) is 0 Å². The van der Waals surface area contributed by atoms with Crippen molar-refractivity contribution in [2.24, 2.45) is 0 Å². The van der Waals surface area contributed by atoms with Crippen LogP contribution in [0.3, 0.4) is 0 Å². The van der Waals surface area contributed by atoms with Crippen LogP contribution >= 0.6 is 0 Å². The van der Waals surface area contributed by atoms with Crippen LogP contribution < -0.4 is 4.74 Å². The predicted octanol–water partition coefficient (Wildman–Crippen LogP) is 4.07. The number of hydrogen-bond acceptors (Lipinski definition) is 4. The maximum Gasteiger partial charge on any atom is 0.335 e. The number of esters is 2. The molecule has 0 aliphatic heterocycles. The van der Waals surface area contributed by atoms with Crippen LogP contribution in [0.2, 0.25) is 0 Å². The molecule has 0 spiro atoms. The molecule has 4 nitrogen and oxygen atoms in total. The lowest BCUT2D eigenvalue weighted by atomic mass is 10.0. The highest BCUT2D eigenvalue weighted by Gasteiger charge is 2.07. The molecule has 0 fully saturated rings. The second-order valence-corrected chi connectivity index (χ2v) is 5.17. The van der Waals surface area contributed by atoms with Crippen LogP contribution in [0.5, 0.6) is 5.75 Å². The van der Waals surface area contributed by atoms with Crippen molar-refractivity contribution in [2.75, 3.05) is 0 Å². The van der Waals surface area contributed by atoms with Gasteiger partial charge in [0.25, 0.3) is 0 Å². The Morgan fingerprint density at radius 2 is 1.72 bits per heavy atom. The van der Waals surface area contributed by atoms with Gasteiger partial charge < -0.3 is 9.47 Å². The normalized spacial score (nSPS) is 17.9. The van der Waals surface area contributed by atoms with E-state index in [-0.39, 0.29) is 0 Å². The molecule has 0 saturated heterocycles. The molecule has 0 heterocycles. The Kier molecular flexibility index (Phi) is 6.07. The molecule has 25 heavy (non-hydrogen) atoms. The van der Waals surface area contributed by atoms with Crippen molar-refractivity contribution < 1.29 is 19.1 Å². The molecule has 0 saturated carbocycles. The average Bonchev–Trinajstić information content (AvgIpc) is 2.60. The molecule has 0 atom stereocenters. The second-order valence-electron chi connectivity index (χ2n) is 5.17. The van der Waals surface area contributed by atoms with Gasteiger partial charge in [-0.3, -0.25) is 0 Å². The number of hydrogen-bond donors (Lipinski definition) is 0. The van der Waals surface area contributed by atoms with Gasteiger partial charge in [-0.15, -0.1) is 0 Å². The maximum absolute atomic E-state index is 11.4.